The van der Waals surface area contributed by atoms with Crippen LogP contribution in [0.15, 0.2) is 30.3 Å². The number of quaternary nitrogens is 1. The number of likely N-dealkylation sites (tertiary alicyclic amines) is 1. The van der Waals surface area contributed by atoms with Gasteiger partial charge in [-0.3, -0.25) is 0 Å². The summed E-state index contributed by atoms with van der Waals surface area (Å²) in [7, 11) is 0. The average molecular weight is 248 g/mol. The third-order valence-corrected chi connectivity index (χ3v) is 3.48. The average Bonchev–Trinajstić information content (AvgIpc) is 2.45. The van der Waals surface area contributed by atoms with Gasteiger partial charge in [0.25, 0.3) is 0 Å². The molecule has 3 nitrogen and oxygen atoms in total. The van der Waals surface area contributed by atoms with Gasteiger partial charge in [-0.05, 0) is 31.4 Å². The summed E-state index contributed by atoms with van der Waals surface area (Å²) in [6.45, 7) is 4.23. The Balaban J connectivity index is 1.62. The smallest absolute Gasteiger partial charge is 0.338 e. The van der Waals surface area contributed by atoms with E-state index in [2.05, 4.69) is 0 Å². The highest BCUT2D eigenvalue weighted by Crippen LogP contribution is 2.01. The van der Waals surface area contributed by atoms with Gasteiger partial charge in [-0.2, -0.15) is 0 Å². The maximum atomic E-state index is 11.7. The SMILES string of the molecule is O=C(OCCC[NH+]1CCCCC1)c1ccccc1. The number of piperidine rings is 1. The summed E-state index contributed by atoms with van der Waals surface area (Å²) in [6, 6.07) is 9.19. The molecule has 0 unspecified atom stereocenters. The van der Waals surface area contributed by atoms with Crippen LogP contribution >= 0.6 is 0 Å². The van der Waals surface area contributed by atoms with Crippen molar-refractivity contribution >= 4 is 5.97 Å². The summed E-state index contributed by atoms with van der Waals surface area (Å²) in [5, 5.41) is 0. The molecule has 1 N–H and O–H groups in total. The first-order valence-corrected chi connectivity index (χ1v) is 6.92. The van der Waals surface area contributed by atoms with Crippen molar-refractivity contribution in [2.75, 3.05) is 26.2 Å². The van der Waals surface area contributed by atoms with Crippen molar-refractivity contribution in [3.63, 3.8) is 0 Å². The van der Waals surface area contributed by atoms with Crippen molar-refractivity contribution in [1.82, 2.24) is 0 Å². The van der Waals surface area contributed by atoms with Crippen LogP contribution in [0.5, 0.6) is 0 Å². The van der Waals surface area contributed by atoms with Gasteiger partial charge in [0, 0.05) is 6.42 Å². The summed E-state index contributed by atoms with van der Waals surface area (Å²) in [5.74, 6) is -0.204. The van der Waals surface area contributed by atoms with Crippen LogP contribution in [0.3, 0.4) is 0 Å². The lowest BCUT2D eigenvalue weighted by Gasteiger charge is -2.23. The Morgan fingerprint density at radius 3 is 2.56 bits per heavy atom. The van der Waals surface area contributed by atoms with Gasteiger partial charge in [-0.1, -0.05) is 18.2 Å². The number of rotatable bonds is 5. The third kappa shape index (κ3) is 4.15. The number of ether oxygens (including phenoxy) is 1. The zero-order valence-corrected chi connectivity index (χ0v) is 10.9. The van der Waals surface area contributed by atoms with Crippen LogP contribution in [0.4, 0.5) is 0 Å². The van der Waals surface area contributed by atoms with Crippen LogP contribution in [-0.2, 0) is 4.74 Å². The van der Waals surface area contributed by atoms with Gasteiger partial charge in [0.15, 0.2) is 0 Å². The predicted molar refractivity (Wildman–Crippen MR) is 70.8 cm³/mol. The zero-order valence-electron chi connectivity index (χ0n) is 10.9. The minimum atomic E-state index is -0.204. The second kappa shape index (κ2) is 7.17. The first-order valence-electron chi connectivity index (χ1n) is 6.92. The minimum absolute atomic E-state index is 0.204. The molecule has 0 amide bonds. The van der Waals surface area contributed by atoms with Gasteiger partial charge >= 0.3 is 5.97 Å². The maximum Gasteiger partial charge on any atom is 0.338 e. The van der Waals surface area contributed by atoms with E-state index in [0.717, 1.165) is 13.0 Å². The van der Waals surface area contributed by atoms with Crippen LogP contribution in [0.2, 0.25) is 0 Å². The molecule has 1 heterocycles. The number of carbonyl (C=O) groups is 1. The lowest BCUT2D eigenvalue weighted by molar-refractivity contribution is -0.905. The molecule has 1 fully saturated rings. The van der Waals surface area contributed by atoms with Crippen LogP contribution in [0.25, 0.3) is 0 Å². The van der Waals surface area contributed by atoms with E-state index >= 15 is 0 Å². The molecule has 0 atom stereocenters. The lowest BCUT2D eigenvalue weighted by Crippen LogP contribution is -3.12. The topological polar surface area (TPSA) is 30.7 Å². The highest BCUT2D eigenvalue weighted by Gasteiger charge is 2.13. The third-order valence-electron chi connectivity index (χ3n) is 3.48. The molecule has 1 aliphatic heterocycles. The fourth-order valence-corrected chi connectivity index (χ4v) is 2.45. The molecule has 1 aromatic rings. The summed E-state index contributed by atoms with van der Waals surface area (Å²) in [4.78, 5) is 13.3. The fourth-order valence-electron chi connectivity index (χ4n) is 2.45. The van der Waals surface area contributed by atoms with Crippen LogP contribution < -0.4 is 4.90 Å². The fraction of sp³-hybridized carbons (Fsp3) is 0.533. The first kappa shape index (κ1) is 13.1. The monoisotopic (exact) mass is 248 g/mol. The second-order valence-electron chi connectivity index (χ2n) is 4.92. The van der Waals surface area contributed by atoms with E-state index in [1.165, 1.54) is 32.4 Å². The van der Waals surface area contributed by atoms with E-state index in [1.807, 2.05) is 18.2 Å². The predicted octanol–water partition coefficient (Wildman–Crippen LogP) is 1.30. The standard InChI is InChI=1S/C15H21NO2/c17-15(14-8-3-1-4-9-14)18-13-7-12-16-10-5-2-6-11-16/h1,3-4,8-9H,2,5-7,10-13H2/p+1. The van der Waals surface area contributed by atoms with E-state index in [1.54, 1.807) is 17.0 Å². The Labute approximate surface area is 109 Å². The number of hydrogen-bond acceptors (Lipinski definition) is 2. The summed E-state index contributed by atoms with van der Waals surface area (Å²) < 4.78 is 5.27. The highest BCUT2D eigenvalue weighted by molar-refractivity contribution is 5.89. The molecule has 1 aliphatic rings. The highest BCUT2D eigenvalue weighted by atomic mass is 16.5. The molecular formula is C15H22NO2+. The quantitative estimate of drug-likeness (QED) is 0.629. The largest absolute Gasteiger partial charge is 0.462 e. The van der Waals surface area contributed by atoms with Gasteiger partial charge in [-0.25, -0.2) is 4.79 Å². The molecule has 0 spiro atoms. The van der Waals surface area contributed by atoms with Crippen LogP contribution in [-0.4, -0.2) is 32.2 Å². The molecule has 0 aliphatic carbocycles. The van der Waals surface area contributed by atoms with Crippen molar-refractivity contribution < 1.29 is 14.4 Å². The van der Waals surface area contributed by atoms with Crippen molar-refractivity contribution in [2.24, 2.45) is 0 Å². The Morgan fingerprint density at radius 2 is 1.83 bits per heavy atom. The molecule has 18 heavy (non-hydrogen) atoms. The minimum Gasteiger partial charge on any atom is -0.462 e. The van der Waals surface area contributed by atoms with Gasteiger partial charge in [-0.15, -0.1) is 0 Å². The summed E-state index contributed by atoms with van der Waals surface area (Å²) >= 11 is 0. The molecule has 0 aromatic heterocycles. The molecule has 1 saturated heterocycles. The number of esters is 1. The molecular weight excluding hydrogens is 226 g/mol. The van der Waals surface area contributed by atoms with E-state index in [0.29, 0.717) is 12.2 Å². The normalized spacial score (nSPS) is 16.4. The van der Waals surface area contributed by atoms with E-state index in [9.17, 15) is 4.79 Å². The molecule has 3 heteroatoms. The summed E-state index contributed by atoms with van der Waals surface area (Å²) in [6.07, 6.45) is 5.04. The van der Waals surface area contributed by atoms with Gasteiger partial charge < -0.3 is 9.64 Å². The Hall–Kier alpha value is -1.35. The number of carbonyl (C=O) groups excluding carboxylic acids is 1. The van der Waals surface area contributed by atoms with Crippen LogP contribution in [0.1, 0.15) is 36.0 Å². The van der Waals surface area contributed by atoms with Gasteiger partial charge in [0.05, 0.1) is 31.8 Å². The Bertz CT molecular complexity index is 358. The lowest BCUT2D eigenvalue weighted by atomic mass is 10.1. The van der Waals surface area contributed by atoms with Gasteiger partial charge in [0.1, 0.15) is 0 Å². The van der Waals surface area contributed by atoms with Crippen LogP contribution in [0, 0.1) is 0 Å². The summed E-state index contributed by atoms with van der Waals surface area (Å²) in [5.41, 5.74) is 0.641. The molecule has 0 saturated carbocycles. The van der Waals surface area contributed by atoms with E-state index in [4.69, 9.17) is 4.74 Å². The Morgan fingerprint density at radius 1 is 1.11 bits per heavy atom. The molecule has 2 rings (SSSR count). The number of benzene rings is 1. The molecule has 98 valence electrons. The Kier molecular flexibility index (Phi) is 5.21. The van der Waals surface area contributed by atoms with Crippen molar-refractivity contribution in [2.45, 2.75) is 25.7 Å². The number of nitrogens with one attached hydrogen (secondary N) is 1. The second-order valence-corrected chi connectivity index (χ2v) is 4.92. The first-order chi connectivity index (χ1) is 8.86. The van der Waals surface area contributed by atoms with Crippen molar-refractivity contribution in [1.29, 1.82) is 0 Å². The van der Waals surface area contributed by atoms with Gasteiger partial charge in [0.2, 0.25) is 0 Å². The zero-order chi connectivity index (χ0) is 12.6. The molecule has 1 aromatic carbocycles. The van der Waals surface area contributed by atoms with Crippen molar-refractivity contribution in [3.05, 3.63) is 35.9 Å². The van der Waals surface area contributed by atoms with Crippen molar-refractivity contribution in [3.8, 4) is 0 Å². The number of hydrogen-bond donors (Lipinski definition) is 1. The molecule has 0 bridgehead atoms. The van der Waals surface area contributed by atoms with E-state index < -0.39 is 0 Å². The maximum absolute atomic E-state index is 11.7. The van der Waals surface area contributed by atoms with E-state index in [-0.39, 0.29) is 5.97 Å². The molecule has 0 radical (unpaired) electrons.